The molecule has 28 heavy (non-hydrogen) atoms. The van der Waals surface area contributed by atoms with E-state index < -0.39 is 6.10 Å². The lowest BCUT2D eigenvalue weighted by Gasteiger charge is -2.36. The molecule has 1 aliphatic heterocycles. The van der Waals surface area contributed by atoms with Crippen molar-refractivity contribution in [3.05, 3.63) is 54.3 Å². The molecule has 1 fully saturated rings. The minimum Gasteiger partial charge on any atom is -0.497 e. The molecule has 1 N–H and O–H groups in total. The standard InChI is InChI=1S/C20H25FN2O3.2ClH/c1-25-19-6-8-20(9-7-19)26-15-18(24)14-22-10-12-23(13-11-22)17-4-2-16(21)3-5-17;;/h2-9,18,24H,10-15H2,1H3;2*1H. The molecule has 1 unspecified atom stereocenters. The van der Waals surface area contributed by atoms with Gasteiger partial charge in [-0.1, -0.05) is 0 Å². The van der Waals surface area contributed by atoms with E-state index in [9.17, 15) is 9.50 Å². The molecule has 3 rings (SSSR count). The second-order valence-corrected chi connectivity index (χ2v) is 6.40. The number of piperazine rings is 1. The molecule has 1 saturated heterocycles. The summed E-state index contributed by atoms with van der Waals surface area (Å²) in [4.78, 5) is 4.46. The van der Waals surface area contributed by atoms with Crippen LogP contribution in [0.15, 0.2) is 48.5 Å². The summed E-state index contributed by atoms with van der Waals surface area (Å²) in [6.07, 6.45) is -0.547. The summed E-state index contributed by atoms with van der Waals surface area (Å²) >= 11 is 0. The average molecular weight is 433 g/mol. The van der Waals surface area contributed by atoms with Gasteiger partial charge >= 0.3 is 0 Å². The predicted molar refractivity (Wildman–Crippen MR) is 114 cm³/mol. The lowest BCUT2D eigenvalue weighted by Crippen LogP contribution is -2.49. The van der Waals surface area contributed by atoms with Gasteiger partial charge in [-0.3, -0.25) is 4.90 Å². The SMILES string of the molecule is COc1ccc(OCC(O)CN2CCN(c3ccc(F)cc3)CC2)cc1.Cl.Cl. The Bertz CT molecular complexity index is 681. The van der Waals surface area contributed by atoms with Crippen LogP contribution in [0.4, 0.5) is 10.1 Å². The maximum atomic E-state index is 13.0. The lowest BCUT2D eigenvalue weighted by atomic mass is 10.2. The predicted octanol–water partition coefficient (Wildman–Crippen LogP) is 3.24. The Hall–Kier alpha value is -1.73. The number of hydrogen-bond acceptors (Lipinski definition) is 5. The van der Waals surface area contributed by atoms with E-state index in [2.05, 4.69) is 9.80 Å². The second-order valence-electron chi connectivity index (χ2n) is 6.40. The van der Waals surface area contributed by atoms with Crippen LogP contribution in [0.2, 0.25) is 0 Å². The minimum atomic E-state index is -0.547. The van der Waals surface area contributed by atoms with Crippen molar-refractivity contribution in [2.24, 2.45) is 0 Å². The van der Waals surface area contributed by atoms with Gasteiger partial charge in [-0.05, 0) is 48.5 Å². The molecule has 5 nitrogen and oxygen atoms in total. The summed E-state index contributed by atoms with van der Waals surface area (Å²) in [7, 11) is 1.62. The van der Waals surface area contributed by atoms with Crippen LogP contribution in [0, 0.1) is 5.82 Å². The highest BCUT2D eigenvalue weighted by Gasteiger charge is 2.19. The number of aliphatic hydroxyl groups is 1. The number of halogens is 3. The number of ether oxygens (including phenoxy) is 2. The molecule has 1 atom stereocenters. The Morgan fingerprint density at radius 3 is 2.07 bits per heavy atom. The van der Waals surface area contributed by atoms with Gasteiger partial charge in [-0.25, -0.2) is 4.39 Å². The number of anilines is 1. The molecular weight excluding hydrogens is 406 g/mol. The molecule has 0 amide bonds. The van der Waals surface area contributed by atoms with Crippen LogP contribution in [0.25, 0.3) is 0 Å². The van der Waals surface area contributed by atoms with Crippen LogP contribution in [0.5, 0.6) is 11.5 Å². The van der Waals surface area contributed by atoms with Crippen molar-refractivity contribution in [1.82, 2.24) is 4.90 Å². The molecule has 2 aromatic rings. The first-order chi connectivity index (χ1) is 12.6. The van der Waals surface area contributed by atoms with Gasteiger partial charge in [0.2, 0.25) is 0 Å². The van der Waals surface area contributed by atoms with E-state index in [1.807, 2.05) is 36.4 Å². The van der Waals surface area contributed by atoms with Gasteiger partial charge in [0.25, 0.3) is 0 Å². The molecular formula is C20H27Cl2FN2O3. The van der Waals surface area contributed by atoms with Crippen molar-refractivity contribution in [3.63, 3.8) is 0 Å². The number of benzene rings is 2. The first-order valence-corrected chi connectivity index (χ1v) is 8.82. The van der Waals surface area contributed by atoms with Gasteiger partial charge in [0.1, 0.15) is 30.0 Å². The van der Waals surface area contributed by atoms with Gasteiger partial charge in [-0.2, -0.15) is 0 Å². The van der Waals surface area contributed by atoms with E-state index in [4.69, 9.17) is 9.47 Å². The molecule has 2 aromatic carbocycles. The van der Waals surface area contributed by atoms with Crippen LogP contribution < -0.4 is 14.4 Å². The van der Waals surface area contributed by atoms with Crippen LogP contribution >= 0.6 is 24.8 Å². The zero-order valence-corrected chi connectivity index (χ0v) is 17.4. The van der Waals surface area contributed by atoms with E-state index >= 15 is 0 Å². The van der Waals surface area contributed by atoms with Crippen molar-refractivity contribution < 1.29 is 19.0 Å². The molecule has 1 aliphatic rings. The van der Waals surface area contributed by atoms with E-state index in [0.717, 1.165) is 37.6 Å². The van der Waals surface area contributed by atoms with E-state index in [1.54, 1.807) is 7.11 Å². The third-order valence-electron chi connectivity index (χ3n) is 4.53. The van der Waals surface area contributed by atoms with Crippen molar-refractivity contribution in [1.29, 1.82) is 0 Å². The average Bonchev–Trinajstić information content (AvgIpc) is 2.68. The molecule has 156 valence electrons. The Labute approximate surface area is 177 Å². The Morgan fingerprint density at radius 1 is 0.929 bits per heavy atom. The fourth-order valence-electron chi connectivity index (χ4n) is 3.06. The number of aliphatic hydroxyl groups excluding tert-OH is 1. The highest BCUT2D eigenvalue weighted by atomic mass is 35.5. The Kier molecular flexibility index (Phi) is 10.4. The quantitative estimate of drug-likeness (QED) is 0.727. The van der Waals surface area contributed by atoms with Crippen LogP contribution in [0.3, 0.4) is 0 Å². The topological polar surface area (TPSA) is 45.2 Å². The molecule has 0 aliphatic carbocycles. The van der Waals surface area contributed by atoms with Gasteiger partial charge in [-0.15, -0.1) is 24.8 Å². The third kappa shape index (κ3) is 7.02. The zero-order chi connectivity index (χ0) is 18.4. The number of hydrogen-bond donors (Lipinski definition) is 1. The fourth-order valence-corrected chi connectivity index (χ4v) is 3.06. The van der Waals surface area contributed by atoms with Crippen LogP contribution in [0.1, 0.15) is 0 Å². The normalized spacial score (nSPS) is 15.2. The molecule has 0 saturated carbocycles. The molecule has 1 heterocycles. The Balaban J connectivity index is 0.00000196. The number of rotatable bonds is 7. The summed E-state index contributed by atoms with van der Waals surface area (Å²) < 4.78 is 23.8. The third-order valence-corrected chi connectivity index (χ3v) is 4.53. The smallest absolute Gasteiger partial charge is 0.123 e. The summed E-state index contributed by atoms with van der Waals surface area (Å²) in [5.41, 5.74) is 1.04. The van der Waals surface area contributed by atoms with Crippen molar-refractivity contribution in [2.75, 3.05) is 51.3 Å². The van der Waals surface area contributed by atoms with Gasteiger partial charge < -0.3 is 19.5 Å². The van der Waals surface area contributed by atoms with Gasteiger partial charge in [0, 0.05) is 38.4 Å². The van der Waals surface area contributed by atoms with E-state index in [-0.39, 0.29) is 37.2 Å². The number of β-amino-alcohol motifs (C(OH)–C–C–N with tert-alkyl or cyclic N) is 1. The summed E-state index contributed by atoms with van der Waals surface area (Å²) in [6.45, 7) is 4.27. The van der Waals surface area contributed by atoms with Crippen LogP contribution in [-0.4, -0.2) is 62.6 Å². The molecule has 0 aromatic heterocycles. The minimum absolute atomic E-state index is 0. The van der Waals surface area contributed by atoms with Crippen molar-refractivity contribution in [3.8, 4) is 11.5 Å². The second kappa shape index (κ2) is 12.0. The summed E-state index contributed by atoms with van der Waals surface area (Å²) in [6, 6.07) is 13.9. The maximum absolute atomic E-state index is 13.0. The highest BCUT2D eigenvalue weighted by molar-refractivity contribution is 5.85. The molecule has 0 bridgehead atoms. The monoisotopic (exact) mass is 432 g/mol. The van der Waals surface area contributed by atoms with E-state index in [0.29, 0.717) is 12.3 Å². The van der Waals surface area contributed by atoms with Crippen molar-refractivity contribution in [2.45, 2.75) is 6.10 Å². The highest BCUT2D eigenvalue weighted by Crippen LogP contribution is 2.18. The van der Waals surface area contributed by atoms with Gasteiger partial charge in [0.05, 0.1) is 7.11 Å². The molecule has 0 spiro atoms. The number of methoxy groups -OCH3 is 1. The number of nitrogens with zero attached hydrogens (tertiary/aromatic N) is 2. The van der Waals surface area contributed by atoms with Crippen molar-refractivity contribution >= 4 is 30.5 Å². The van der Waals surface area contributed by atoms with Crippen LogP contribution in [-0.2, 0) is 0 Å². The largest absolute Gasteiger partial charge is 0.497 e. The fraction of sp³-hybridized carbons (Fsp3) is 0.400. The lowest BCUT2D eigenvalue weighted by molar-refractivity contribution is 0.0663. The molecule has 8 heteroatoms. The summed E-state index contributed by atoms with van der Waals surface area (Å²) in [5.74, 6) is 1.27. The van der Waals surface area contributed by atoms with Gasteiger partial charge in [0.15, 0.2) is 0 Å². The van der Waals surface area contributed by atoms with E-state index in [1.165, 1.54) is 12.1 Å². The first-order valence-electron chi connectivity index (χ1n) is 8.82. The maximum Gasteiger partial charge on any atom is 0.123 e. The zero-order valence-electron chi connectivity index (χ0n) is 15.8. The molecule has 0 radical (unpaired) electrons. The Morgan fingerprint density at radius 2 is 1.50 bits per heavy atom. The summed E-state index contributed by atoms with van der Waals surface area (Å²) in [5, 5.41) is 10.2. The first kappa shape index (κ1) is 24.3.